The largest absolute Gasteiger partial charge is 0.377 e. The quantitative estimate of drug-likeness (QED) is 0.579. The lowest BCUT2D eigenvalue weighted by atomic mass is 9.78. The minimum Gasteiger partial charge on any atom is -0.377 e. The number of rotatable bonds is 6. The molecule has 1 aromatic heterocycles. The standard InChI is InChI=1S/C23H35N5O/c1-23(2,3)21-19(11-8-14-29-21)15-26-22(24-4)27-16-20-25-12-13-28(20)17-18-9-6-5-7-10-18/h5-7,9-10,12-13,19,21H,8,11,14-17H2,1-4H3,(H2,24,26,27). The summed E-state index contributed by atoms with van der Waals surface area (Å²) in [5, 5.41) is 6.90. The van der Waals surface area contributed by atoms with Gasteiger partial charge in [-0.3, -0.25) is 4.99 Å². The highest BCUT2D eigenvalue weighted by Gasteiger charge is 2.35. The van der Waals surface area contributed by atoms with Crippen molar-refractivity contribution in [1.82, 2.24) is 20.2 Å². The number of nitrogens with zero attached hydrogens (tertiary/aromatic N) is 3. The maximum Gasteiger partial charge on any atom is 0.191 e. The summed E-state index contributed by atoms with van der Waals surface area (Å²) in [7, 11) is 1.81. The van der Waals surface area contributed by atoms with Crippen molar-refractivity contribution in [2.24, 2.45) is 16.3 Å². The van der Waals surface area contributed by atoms with Crippen LogP contribution in [0.2, 0.25) is 0 Å². The van der Waals surface area contributed by atoms with Gasteiger partial charge >= 0.3 is 0 Å². The van der Waals surface area contributed by atoms with Crippen LogP contribution in [-0.4, -0.2) is 41.8 Å². The molecule has 1 saturated heterocycles. The number of hydrogen-bond acceptors (Lipinski definition) is 3. The van der Waals surface area contributed by atoms with E-state index >= 15 is 0 Å². The lowest BCUT2D eigenvalue weighted by molar-refractivity contribution is -0.0835. The number of ether oxygens (including phenoxy) is 1. The molecule has 0 spiro atoms. The molecule has 0 aliphatic carbocycles. The third-order valence-electron chi connectivity index (χ3n) is 5.47. The van der Waals surface area contributed by atoms with E-state index in [0.29, 0.717) is 12.5 Å². The van der Waals surface area contributed by atoms with Gasteiger partial charge in [0, 0.05) is 45.1 Å². The first kappa shape index (κ1) is 21.4. The molecule has 2 unspecified atom stereocenters. The summed E-state index contributed by atoms with van der Waals surface area (Å²) >= 11 is 0. The maximum absolute atomic E-state index is 6.10. The van der Waals surface area contributed by atoms with Gasteiger partial charge in [-0.05, 0) is 23.8 Å². The SMILES string of the molecule is CN=C(NCc1nccn1Cc1ccccc1)NCC1CCCOC1C(C)(C)C. The summed E-state index contributed by atoms with van der Waals surface area (Å²) in [5.74, 6) is 2.28. The van der Waals surface area contributed by atoms with Gasteiger partial charge in [0.25, 0.3) is 0 Å². The number of imidazole rings is 1. The second-order valence-electron chi connectivity index (χ2n) is 8.82. The fourth-order valence-electron chi connectivity index (χ4n) is 4.05. The van der Waals surface area contributed by atoms with Crippen molar-refractivity contribution in [2.75, 3.05) is 20.2 Å². The Bertz CT molecular complexity index is 778. The summed E-state index contributed by atoms with van der Waals surface area (Å²) in [6.07, 6.45) is 6.46. The third-order valence-corrected chi connectivity index (χ3v) is 5.47. The Labute approximate surface area is 174 Å². The van der Waals surface area contributed by atoms with Gasteiger partial charge in [-0.15, -0.1) is 0 Å². The van der Waals surface area contributed by atoms with E-state index in [1.165, 1.54) is 12.0 Å². The van der Waals surface area contributed by atoms with Crippen molar-refractivity contribution in [3.8, 4) is 0 Å². The first-order chi connectivity index (χ1) is 14.0. The van der Waals surface area contributed by atoms with Gasteiger partial charge in [0.2, 0.25) is 0 Å². The lowest BCUT2D eigenvalue weighted by Gasteiger charge is -2.40. The van der Waals surface area contributed by atoms with Crippen molar-refractivity contribution in [1.29, 1.82) is 0 Å². The van der Waals surface area contributed by atoms with Gasteiger partial charge in [0.15, 0.2) is 5.96 Å². The van der Waals surface area contributed by atoms with Crippen LogP contribution in [0.25, 0.3) is 0 Å². The molecule has 0 radical (unpaired) electrons. The second-order valence-corrected chi connectivity index (χ2v) is 8.82. The van der Waals surface area contributed by atoms with E-state index in [4.69, 9.17) is 4.74 Å². The van der Waals surface area contributed by atoms with Crippen molar-refractivity contribution < 1.29 is 4.74 Å². The molecule has 3 rings (SSSR count). The molecule has 2 N–H and O–H groups in total. The molecule has 1 aliphatic rings. The summed E-state index contributed by atoms with van der Waals surface area (Å²) < 4.78 is 8.27. The Balaban J connectivity index is 1.53. The molecule has 2 aromatic rings. The highest BCUT2D eigenvalue weighted by atomic mass is 16.5. The Hall–Kier alpha value is -2.34. The minimum absolute atomic E-state index is 0.145. The van der Waals surface area contributed by atoms with Gasteiger partial charge in [-0.25, -0.2) is 4.98 Å². The normalized spacial score (nSPS) is 20.5. The predicted molar refractivity (Wildman–Crippen MR) is 118 cm³/mol. The van der Waals surface area contributed by atoms with E-state index in [2.05, 4.69) is 70.2 Å². The molecule has 0 saturated carbocycles. The highest BCUT2D eigenvalue weighted by molar-refractivity contribution is 5.79. The maximum atomic E-state index is 6.10. The van der Waals surface area contributed by atoms with Crippen LogP contribution in [0.3, 0.4) is 0 Å². The fraction of sp³-hybridized carbons (Fsp3) is 0.565. The van der Waals surface area contributed by atoms with Gasteiger partial charge in [-0.1, -0.05) is 51.1 Å². The summed E-state index contributed by atoms with van der Waals surface area (Å²) in [4.78, 5) is 8.90. The van der Waals surface area contributed by atoms with Crippen LogP contribution in [0.5, 0.6) is 0 Å². The predicted octanol–water partition coefficient (Wildman–Crippen LogP) is 3.44. The van der Waals surface area contributed by atoms with E-state index < -0.39 is 0 Å². The molecule has 1 aromatic carbocycles. The fourth-order valence-corrected chi connectivity index (χ4v) is 4.05. The van der Waals surface area contributed by atoms with Crippen LogP contribution < -0.4 is 10.6 Å². The van der Waals surface area contributed by atoms with E-state index in [1.54, 1.807) is 0 Å². The van der Waals surface area contributed by atoms with Gasteiger partial charge < -0.3 is 19.9 Å². The van der Waals surface area contributed by atoms with Crippen LogP contribution in [0.4, 0.5) is 0 Å². The number of guanidine groups is 1. The third kappa shape index (κ3) is 6.07. The molecule has 0 bridgehead atoms. The second kappa shape index (κ2) is 9.92. The Kier molecular flexibility index (Phi) is 7.31. The zero-order chi connectivity index (χ0) is 20.7. The number of nitrogens with one attached hydrogen (secondary N) is 2. The average Bonchev–Trinajstić information content (AvgIpc) is 3.15. The highest BCUT2D eigenvalue weighted by Crippen LogP contribution is 2.33. The summed E-state index contributed by atoms with van der Waals surface area (Å²) in [6.45, 7) is 9.95. The Morgan fingerprint density at radius 2 is 2.03 bits per heavy atom. The lowest BCUT2D eigenvalue weighted by Crippen LogP contribution is -2.47. The van der Waals surface area contributed by atoms with Crippen LogP contribution >= 0.6 is 0 Å². The van der Waals surface area contributed by atoms with Gasteiger partial charge in [-0.2, -0.15) is 0 Å². The molecule has 158 valence electrons. The zero-order valence-corrected chi connectivity index (χ0v) is 18.2. The molecule has 2 heterocycles. The molecular weight excluding hydrogens is 362 g/mol. The molecule has 0 amide bonds. The zero-order valence-electron chi connectivity index (χ0n) is 18.2. The number of benzene rings is 1. The summed E-state index contributed by atoms with van der Waals surface area (Å²) in [5.41, 5.74) is 1.41. The van der Waals surface area contributed by atoms with E-state index in [-0.39, 0.29) is 11.5 Å². The number of aliphatic imine (C=N–C) groups is 1. The monoisotopic (exact) mass is 397 g/mol. The van der Waals surface area contributed by atoms with Gasteiger partial charge in [0.1, 0.15) is 5.82 Å². The molecular formula is C23H35N5O. The number of hydrogen-bond donors (Lipinski definition) is 2. The van der Waals surface area contributed by atoms with Crippen LogP contribution in [0.15, 0.2) is 47.7 Å². The molecule has 1 aliphatic heterocycles. The molecule has 29 heavy (non-hydrogen) atoms. The van der Waals surface area contributed by atoms with E-state index in [9.17, 15) is 0 Å². The van der Waals surface area contributed by atoms with Crippen LogP contribution in [-0.2, 0) is 17.8 Å². The topological polar surface area (TPSA) is 63.5 Å². The first-order valence-electron chi connectivity index (χ1n) is 10.6. The van der Waals surface area contributed by atoms with Crippen LogP contribution in [0.1, 0.15) is 45.0 Å². The van der Waals surface area contributed by atoms with E-state index in [1.807, 2.05) is 25.5 Å². The molecule has 2 atom stereocenters. The average molecular weight is 398 g/mol. The first-order valence-corrected chi connectivity index (χ1v) is 10.6. The van der Waals surface area contributed by atoms with Crippen molar-refractivity contribution in [3.05, 3.63) is 54.1 Å². The molecule has 1 fully saturated rings. The molecule has 6 nitrogen and oxygen atoms in total. The van der Waals surface area contributed by atoms with Crippen molar-refractivity contribution >= 4 is 5.96 Å². The van der Waals surface area contributed by atoms with Gasteiger partial charge in [0.05, 0.1) is 12.6 Å². The van der Waals surface area contributed by atoms with Crippen LogP contribution in [0, 0.1) is 11.3 Å². The van der Waals surface area contributed by atoms with Crippen molar-refractivity contribution in [3.63, 3.8) is 0 Å². The Morgan fingerprint density at radius 3 is 2.76 bits per heavy atom. The smallest absolute Gasteiger partial charge is 0.191 e. The summed E-state index contributed by atoms with van der Waals surface area (Å²) in [6, 6.07) is 10.4. The molecule has 6 heteroatoms. The van der Waals surface area contributed by atoms with E-state index in [0.717, 1.165) is 37.9 Å². The van der Waals surface area contributed by atoms with Crippen molar-refractivity contribution in [2.45, 2.75) is 52.8 Å². The Morgan fingerprint density at radius 1 is 1.24 bits per heavy atom. The minimum atomic E-state index is 0.145. The number of aromatic nitrogens is 2.